The predicted molar refractivity (Wildman–Crippen MR) is 113 cm³/mol. The fraction of sp³-hybridized carbons (Fsp3) is 0.208. The zero-order valence-corrected chi connectivity index (χ0v) is 17.1. The van der Waals surface area contributed by atoms with Gasteiger partial charge in [0.2, 0.25) is 0 Å². The lowest BCUT2D eigenvalue weighted by Crippen LogP contribution is -2.43. The van der Waals surface area contributed by atoms with E-state index in [0.29, 0.717) is 34.6 Å². The van der Waals surface area contributed by atoms with E-state index in [0.717, 1.165) is 10.5 Å². The van der Waals surface area contributed by atoms with Crippen molar-refractivity contribution in [2.75, 3.05) is 20.8 Å². The average molecular weight is 402 g/mol. The Hall–Kier alpha value is -3.85. The summed E-state index contributed by atoms with van der Waals surface area (Å²) in [5.41, 5.74) is 2.37. The van der Waals surface area contributed by atoms with Gasteiger partial charge in [0, 0.05) is 12.1 Å². The molecule has 0 bridgehead atoms. The summed E-state index contributed by atoms with van der Waals surface area (Å²) in [5.74, 6) is 0.121. The molecule has 152 valence electrons. The second kappa shape index (κ2) is 9.10. The van der Waals surface area contributed by atoms with Crippen LogP contribution in [0.5, 0.6) is 11.5 Å². The van der Waals surface area contributed by atoms with Crippen LogP contribution in [-0.2, 0) is 16.0 Å². The number of hydrogen-bond acceptors (Lipinski definition) is 5. The zero-order valence-electron chi connectivity index (χ0n) is 17.1. The quantitative estimate of drug-likeness (QED) is 0.545. The number of hydrogen-bond donors (Lipinski definition) is 0. The second-order valence-electron chi connectivity index (χ2n) is 6.78. The first kappa shape index (κ1) is 20.9. The first-order valence-electron chi connectivity index (χ1n) is 9.45. The SMILES string of the molecule is COc1ccc(/C=C2/C(=O)N(CCc3ccccc3)C(=O)C(C#N)=C2C)cc1OC. The molecule has 0 saturated carbocycles. The Morgan fingerprint density at radius 2 is 1.70 bits per heavy atom. The monoisotopic (exact) mass is 402 g/mol. The van der Waals surface area contributed by atoms with Gasteiger partial charge in [0.15, 0.2) is 11.5 Å². The summed E-state index contributed by atoms with van der Waals surface area (Å²) in [7, 11) is 3.08. The minimum absolute atomic E-state index is 0.0191. The second-order valence-corrected chi connectivity index (χ2v) is 6.78. The Balaban J connectivity index is 1.98. The Labute approximate surface area is 175 Å². The predicted octanol–water partition coefficient (Wildman–Crippen LogP) is 3.54. The van der Waals surface area contributed by atoms with Crippen molar-refractivity contribution in [3.63, 3.8) is 0 Å². The standard InChI is InChI=1S/C24H22N2O4/c1-16-19(13-18-9-10-21(29-2)22(14-18)30-3)23(27)26(24(28)20(16)15-25)12-11-17-7-5-4-6-8-17/h4-10,13-14H,11-12H2,1-3H3/b19-13+. The highest BCUT2D eigenvalue weighted by atomic mass is 16.5. The number of carbonyl (C=O) groups excluding carboxylic acids is 2. The van der Waals surface area contributed by atoms with Crippen LogP contribution in [-0.4, -0.2) is 37.5 Å². The molecule has 2 aromatic rings. The molecule has 1 heterocycles. The third-order valence-electron chi connectivity index (χ3n) is 5.01. The maximum atomic E-state index is 13.1. The number of rotatable bonds is 6. The summed E-state index contributed by atoms with van der Waals surface area (Å²) in [6.45, 7) is 1.82. The molecule has 0 aromatic heterocycles. The molecule has 6 heteroatoms. The minimum atomic E-state index is -0.555. The van der Waals surface area contributed by atoms with Crippen LogP contribution in [0.15, 0.2) is 65.3 Å². The number of nitriles is 1. The normalized spacial score (nSPS) is 15.4. The van der Waals surface area contributed by atoms with E-state index >= 15 is 0 Å². The first-order chi connectivity index (χ1) is 14.5. The van der Waals surface area contributed by atoms with Gasteiger partial charge in [-0.15, -0.1) is 0 Å². The van der Waals surface area contributed by atoms with Gasteiger partial charge in [-0.25, -0.2) is 0 Å². The molecule has 1 aliphatic rings. The first-order valence-corrected chi connectivity index (χ1v) is 9.45. The Bertz CT molecular complexity index is 1080. The van der Waals surface area contributed by atoms with Gasteiger partial charge in [0.25, 0.3) is 11.8 Å². The summed E-state index contributed by atoms with van der Waals surface area (Å²) >= 11 is 0. The maximum Gasteiger partial charge on any atom is 0.271 e. The van der Waals surface area contributed by atoms with Crippen LogP contribution in [0.2, 0.25) is 0 Å². The van der Waals surface area contributed by atoms with E-state index in [2.05, 4.69) is 0 Å². The highest BCUT2D eigenvalue weighted by molar-refractivity contribution is 6.19. The third-order valence-corrected chi connectivity index (χ3v) is 5.01. The number of imide groups is 1. The van der Waals surface area contributed by atoms with Crippen LogP contribution in [0.4, 0.5) is 0 Å². The third kappa shape index (κ3) is 4.11. The average Bonchev–Trinajstić information content (AvgIpc) is 2.77. The number of methoxy groups -OCH3 is 2. The van der Waals surface area contributed by atoms with E-state index in [1.165, 1.54) is 7.11 Å². The van der Waals surface area contributed by atoms with Crippen molar-refractivity contribution in [3.8, 4) is 17.6 Å². The van der Waals surface area contributed by atoms with Gasteiger partial charge in [-0.1, -0.05) is 36.4 Å². The lowest BCUT2D eigenvalue weighted by molar-refractivity contribution is -0.140. The molecule has 0 atom stereocenters. The molecule has 2 aromatic carbocycles. The Morgan fingerprint density at radius 3 is 2.33 bits per heavy atom. The molecule has 0 aliphatic carbocycles. The topological polar surface area (TPSA) is 79.6 Å². The van der Waals surface area contributed by atoms with Crippen LogP contribution in [0.3, 0.4) is 0 Å². The smallest absolute Gasteiger partial charge is 0.271 e. The van der Waals surface area contributed by atoms with Crippen molar-refractivity contribution in [2.45, 2.75) is 13.3 Å². The van der Waals surface area contributed by atoms with E-state index in [-0.39, 0.29) is 12.1 Å². The molecular weight excluding hydrogens is 380 g/mol. The summed E-state index contributed by atoms with van der Waals surface area (Å²) < 4.78 is 10.6. The molecule has 1 aliphatic heterocycles. The molecule has 0 unspecified atom stereocenters. The van der Waals surface area contributed by atoms with Crippen molar-refractivity contribution in [2.24, 2.45) is 0 Å². The van der Waals surface area contributed by atoms with E-state index in [1.54, 1.807) is 38.3 Å². The number of nitrogens with zero attached hydrogens (tertiary/aromatic N) is 2. The van der Waals surface area contributed by atoms with Crippen LogP contribution >= 0.6 is 0 Å². The maximum absolute atomic E-state index is 13.1. The van der Waals surface area contributed by atoms with E-state index < -0.39 is 11.8 Å². The molecule has 0 radical (unpaired) electrons. The minimum Gasteiger partial charge on any atom is -0.493 e. The zero-order chi connectivity index (χ0) is 21.7. The van der Waals surface area contributed by atoms with Gasteiger partial charge in [0.05, 0.1) is 14.2 Å². The van der Waals surface area contributed by atoms with Crippen LogP contribution in [0.1, 0.15) is 18.1 Å². The number of amides is 2. The summed E-state index contributed by atoms with van der Waals surface area (Å²) in [6, 6.07) is 16.8. The van der Waals surface area contributed by atoms with Crippen molar-refractivity contribution >= 4 is 17.9 Å². The van der Waals surface area contributed by atoms with Gasteiger partial charge in [0.1, 0.15) is 11.6 Å². The van der Waals surface area contributed by atoms with Gasteiger partial charge in [-0.3, -0.25) is 14.5 Å². The molecule has 30 heavy (non-hydrogen) atoms. The molecule has 0 N–H and O–H groups in total. The number of carbonyl (C=O) groups is 2. The van der Waals surface area contributed by atoms with Crippen LogP contribution in [0.25, 0.3) is 6.08 Å². The van der Waals surface area contributed by atoms with E-state index in [1.807, 2.05) is 36.4 Å². The molecule has 6 nitrogen and oxygen atoms in total. The number of benzene rings is 2. The van der Waals surface area contributed by atoms with Crippen LogP contribution in [0, 0.1) is 11.3 Å². The highest BCUT2D eigenvalue weighted by Gasteiger charge is 2.35. The lowest BCUT2D eigenvalue weighted by Gasteiger charge is -2.27. The van der Waals surface area contributed by atoms with Gasteiger partial charge in [-0.2, -0.15) is 5.26 Å². The fourth-order valence-electron chi connectivity index (χ4n) is 3.33. The Kier molecular flexibility index (Phi) is 6.33. The summed E-state index contributed by atoms with van der Waals surface area (Å²) in [6.07, 6.45) is 2.18. The Morgan fingerprint density at radius 1 is 1.00 bits per heavy atom. The number of ether oxygens (including phenoxy) is 2. The van der Waals surface area contributed by atoms with Crippen LogP contribution < -0.4 is 9.47 Å². The van der Waals surface area contributed by atoms with E-state index in [4.69, 9.17) is 9.47 Å². The van der Waals surface area contributed by atoms with Gasteiger partial charge < -0.3 is 9.47 Å². The molecule has 0 spiro atoms. The molecule has 2 amide bonds. The van der Waals surface area contributed by atoms with Gasteiger partial charge >= 0.3 is 0 Å². The summed E-state index contributed by atoms with van der Waals surface area (Å²) in [5, 5.41) is 9.53. The largest absolute Gasteiger partial charge is 0.493 e. The lowest BCUT2D eigenvalue weighted by atomic mass is 9.93. The molecule has 0 fully saturated rings. The molecule has 3 rings (SSSR count). The van der Waals surface area contributed by atoms with Crippen molar-refractivity contribution in [1.29, 1.82) is 5.26 Å². The van der Waals surface area contributed by atoms with E-state index in [9.17, 15) is 14.9 Å². The van der Waals surface area contributed by atoms with Crippen molar-refractivity contribution in [1.82, 2.24) is 4.90 Å². The molecular formula is C24H22N2O4. The fourth-order valence-corrected chi connectivity index (χ4v) is 3.33. The van der Waals surface area contributed by atoms with Crippen molar-refractivity contribution < 1.29 is 19.1 Å². The van der Waals surface area contributed by atoms with Gasteiger partial charge in [-0.05, 0) is 48.3 Å². The van der Waals surface area contributed by atoms with Crippen molar-refractivity contribution in [3.05, 3.63) is 76.4 Å². The summed E-state index contributed by atoms with van der Waals surface area (Å²) in [4.78, 5) is 27.0. The highest BCUT2D eigenvalue weighted by Crippen LogP contribution is 2.31. The molecule has 0 saturated heterocycles.